The molecular weight excluding hydrogens is 341 g/mol. The van der Waals surface area contributed by atoms with E-state index in [1.807, 2.05) is 30.6 Å². The van der Waals surface area contributed by atoms with E-state index in [0.717, 1.165) is 25.2 Å². The fourth-order valence-electron chi connectivity index (χ4n) is 3.74. The van der Waals surface area contributed by atoms with Crippen LogP contribution < -0.4 is 0 Å². The Bertz CT molecular complexity index is 914. The molecule has 1 fully saturated rings. The highest BCUT2D eigenvalue weighted by Gasteiger charge is 2.27. The van der Waals surface area contributed by atoms with Crippen molar-refractivity contribution in [1.29, 1.82) is 0 Å². The molecular formula is C22H22FN3O. The zero-order valence-corrected chi connectivity index (χ0v) is 15.1. The number of amides is 1. The highest BCUT2D eigenvalue weighted by molar-refractivity contribution is 5.94. The molecule has 0 aliphatic carbocycles. The smallest absolute Gasteiger partial charge is 0.256 e. The molecule has 27 heavy (non-hydrogen) atoms. The van der Waals surface area contributed by atoms with Crippen LogP contribution >= 0.6 is 0 Å². The standard InChI is InChI=1S/C22H22FN3O/c23-20-9-5-4-8-19(20)22(27)25-13-10-18(11-14-25)21-24-12-15-26(21)16-17-6-2-1-3-7-17/h1-9,12,15,18H,10-11,13-14,16H2. The van der Waals surface area contributed by atoms with E-state index in [0.29, 0.717) is 19.0 Å². The van der Waals surface area contributed by atoms with Crippen molar-refractivity contribution in [3.05, 3.63) is 89.8 Å². The molecule has 0 spiro atoms. The Kier molecular flexibility index (Phi) is 5.01. The Morgan fingerprint density at radius 3 is 2.48 bits per heavy atom. The number of carbonyl (C=O) groups is 1. The molecule has 3 aromatic rings. The highest BCUT2D eigenvalue weighted by Crippen LogP contribution is 2.28. The lowest BCUT2D eigenvalue weighted by Crippen LogP contribution is -2.38. The van der Waals surface area contributed by atoms with Gasteiger partial charge in [-0.3, -0.25) is 4.79 Å². The zero-order chi connectivity index (χ0) is 18.6. The van der Waals surface area contributed by atoms with Crippen LogP contribution in [0.1, 0.15) is 40.5 Å². The Hall–Kier alpha value is -2.95. The monoisotopic (exact) mass is 363 g/mol. The topological polar surface area (TPSA) is 38.1 Å². The number of hydrogen-bond donors (Lipinski definition) is 0. The summed E-state index contributed by atoms with van der Waals surface area (Å²) in [7, 11) is 0. The van der Waals surface area contributed by atoms with Gasteiger partial charge in [-0.05, 0) is 30.5 Å². The van der Waals surface area contributed by atoms with E-state index in [1.165, 1.54) is 11.6 Å². The number of hydrogen-bond acceptors (Lipinski definition) is 2. The number of aromatic nitrogens is 2. The van der Waals surface area contributed by atoms with Gasteiger partial charge < -0.3 is 9.47 Å². The van der Waals surface area contributed by atoms with Gasteiger partial charge in [0.2, 0.25) is 0 Å². The fraction of sp³-hybridized carbons (Fsp3) is 0.273. The third kappa shape index (κ3) is 3.77. The lowest BCUT2D eigenvalue weighted by Gasteiger charge is -2.32. The summed E-state index contributed by atoms with van der Waals surface area (Å²) in [6, 6.07) is 16.5. The van der Waals surface area contributed by atoms with Crippen LogP contribution in [-0.4, -0.2) is 33.4 Å². The van der Waals surface area contributed by atoms with Crippen molar-refractivity contribution in [3.63, 3.8) is 0 Å². The van der Waals surface area contributed by atoms with Crippen molar-refractivity contribution in [2.75, 3.05) is 13.1 Å². The number of carbonyl (C=O) groups excluding carboxylic acids is 1. The first-order chi connectivity index (χ1) is 13.2. The minimum absolute atomic E-state index is 0.154. The van der Waals surface area contributed by atoms with Crippen LogP contribution in [0, 0.1) is 5.82 Å². The van der Waals surface area contributed by atoms with E-state index in [9.17, 15) is 9.18 Å². The second-order valence-corrected chi connectivity index (χ2v) is 6.95. The molecule has 5 heteroatoms. The summed E-state index contributed by atoms with van der Waals surface area (Å²) in [5.41, 5.74) is 1.39. The predicted molar refractivity (Wildman–Crippen MR) is 102 cm³/mol. The number of halogens is 1. The first-order valence-corrected chi connectivity index (χ1v) is 9.31. The van der Waals surface area contributed by atoms with Crippen molar-refractivity contribution in [1.82, 2.24) is 14.5 Å². The number of nitrogens with zero attached hydrogens (tertiary/aromatic N) is 3. The van der Waals surface area contributed by atoms with E-state index < -0.39 is 5.82 Å². The molecule has 0 atom stereocenters. The molecule has 1 saturated heterocycles. The molecule has 2 heterocycles. The Balaban J connectivity index is 1.42. The molecule has 0 unspecified atom stereocenters. The Morgan fingerprint density at radius 1 is 1.04 bits per heavy atom. The van der Waals surface area contributed by atoms with Crippen LogP contribution in [0.25, 0.3) is 0 Å². The molecule has 1 aromatic heterocycles. The molecule has 4 rings (SSSR count). The summed E-state index contributed by atoms with van der Waals surface area (Å²) in [5, 5.41) is 0. The maximum Gasteiger partial charge on any atom is 0.256 e. The van der Waals surface area contributed by atoms with Crippen molar-refractivity contribution < 1.29 is 9.18 Å². The van der Waals surface area contributed by atoms with E-state index in [4.69, 9.17) is 0 Å². The minimum atomic E-state index is -0.456. The maximum atomic E-state index is 13.9. The Labute approximate surface area is 158 Å². The molecule has 2 aromatic carbocycles. The summed E-state index contributed by atoms with van der Waals surface area (Å²) >= 11 is 0. The molecule has 0 N–H and O–H groups in total. The van der Waals surface area contributed by atoms with E-state index in [-0.39, 0.29) is 11.5 Å². The van der Waals surface area contributed by atoms with Gasteiger partial charge in [0.05, 0.1) is 5.56 Å². The maximum absolute atomic E-state index is 13.9. The summed E-state index contributed by atoms with van der Waals surface area (Å²) in [6.07, 6.45) is 5.53. The molecule has 1 aliphatic rings. The van der Waals surface area contributed by atoms with Crippen molar-refractivity contribution in [3.8, 4) is 0 Å². The number of benzene rings is 2. The van der Waals surface area contributed by atoms with Crippen LogP contribution in [0.5, 0.6) is 0 Å². The average molecular weight is 363 g/mol. The van der Waals surface area contributed by atoms with Crippen LogP contribution in [0.4, 0.5) is 4.39 Å². The first-order valence-electron chi connectivity index (χ1n) is 9.31. The summed E-state index contributed by atoms with van der Waals surface area (Å²) in [4.78, 5) is 18.9. The third-order valence-electron chi connectivity index (χ3n) is 5.20. The quantitative estimate of drug-likeness (QED) is 0.700. The van der Waals surface area contributed by atoms with Gasteiger partial charge in [-0.15, -0.1) is 0 Å². The third-order valence-corrected chi connectivity index (χ3v) is 5.20. The molecule has 4 nitrogen and oxygen atoms in total. The molecule has 0 bridgehead atoms. The molecule has 1 amide bonds. The van der Waals surface area contributed by atoms with Crippen molar-refractivity contribution in [2.24, 2.45) is 0 Å². The van der Waals surface area contributed by atoms with Gasteiger partial charge >= 0.3 is 0 Å². The van der Waals surface area contributed by atoms with Gasteiger partial charge in [0.15, 0.2) is 0 Å². The Morgan fingerprint density at radius 2 is 1.74 bits per heavy atom. The number of rotatable bonds is 4. The van der Waals surface area contributed by atoms with Gasteiger partial charge in [-0.2, -0.15) is 0 Å². The van der Waals surface area contributed by atoms with Crippen molar-refractivity contribution in [2.45, 2.75) is 25.3 Å². The van der Waals surface area contributed by atoms with Crippen LogP contribution in [0.2, 0.25) is 0 Å². The van der Waals surface area contributed by atoms with E-state index in [2.05, 4.69) is 21.7 Å². The molecule has 1 aliphatic heterocycles. The van der Waals surface area contributed by atoms with Gasteiger partial charge in [0, 0.05) is 37.9 Å². The molecule has 0 radical (unpaired) electrons. The second-order valence-electron chi connectivity index (χ2n) is 6.95. The van der Waals surface area contributed by atoms with Gasteiger partial charge in [0.25, 0.3) is 5.91 Å². The summed E-state index contributed by atoms with van der Waals surface area (Å²) in [5.74, 6) is 0.701. The summed E-state index contributed by atoms with van der Waals surface area (Å²) < 4.78 is 16.1. The van der Waals surface area contributed by atoms with Gasteiger partial charge in [0.1, 0.15) is 11.6 Å². The number of imidazole rings is 1. The van der Waals surface area contributed by atoms with Gasteiger partial charge in [-0.25, -0.2) is 9.37 Å². The second kappa shape index (κ2) is 7.74. The van der Waals surface area contributed by atoms with Crippen molar-refractivity contribution >= 4 is 5.91 Å². The van der Waals surface area contributed by atoms with Crippen LogP contribution in [-0.2, 0) is 6.54 Å². The van der Waals surface area contributed by atoms with E-state index >= 15 is 0 Å². The minimum Gasteiger partial charge on any atom is -0.339 e. The largest absolute Gasteiger partial charge is 0.339 e. The van der Waals surface area contributed by atoms with E-state index in [1.54, 1.807) is 23.1 Å². The highest BCUT2D eigenvalue weighted by atomic mass is 19.1. The SMILES string of the molecule is O=C(c1ccccc1F)N1CCC(c2nccn2Cc2ccccc2)CC1. The van der Waals surface area contributed by atoms with Crippen LogP contribution in [0.3, 0.4) is 0 Å². The normalized spacial score (nSPS) is 15.1. The number of likely N-dealkylation sites (tertiary alicyclic amines) is 1. The molecule has 138 valence electrons. The van der Waals surface area contributed by atoms with Crippen LogP contribution in [0.15, 0.2) is 67.0 Å². The fourth-order valence-corrected chi connectivity index (χ4v) is 3.74. The lowest BCUT2D eigenvalue weighted by atomic mass is 9.95. The average Bonchev–Trinajstić information content (AvgIpc) is 3.17. The van der Waals surface area contributed by atoms with Gasteiger partial charge in [-0.1, -0.05) is 42.5 Å². The lowest BCUT2D eigenvalue weighted by molar-refractivity contribution is 0.0705. The first kappa shape index (κ1) is 17.5. The molecule has 0 saturated carbocycles. The number of piperidine rings is 1. The predicted octanol–water partition coefficient (Wildman–Crippen LogP) is 4.09. The zero-order valence-electron chi connectivity index (χ0n) is 15.1. The summed E-state index contributed by atoms with van der Waals surface area (Å²) in [6.45, 7) is 2.04.